The van der Waals surface area contributed by atoms with Crippen molar-refractivity contribution in [2.24, 2.45) is 0 Å². The minimum absolute atomic E-state index is 0.0438. The van der Waals surface area contributed by atoms with E-state index in [1.165, 1.54) is 46.5 Å². The van der Waals surface area contributed by atoms with Gasteiger partial charge in [-0.05, 0) is 67.1 Å². The molecular formula is C34H29F4N3O6S. The van der Waals surface area contributed by atoms with Gasteiger partial charge in [-0.1, -0.05) is 18.2 Å². The van der Waals surface area contributed by atoms with Gasteiger partial charge in [-0.15, -0.1) is 11.8 Å². The number of rotatable bonds is 12. The monoisotopic (exact) mass is 683 g/mol. The second kappa shape index (κ2) is 15.9. The Bertz CT molecular complexity index is 1810. The first-order valence-corrected chi connectivity index (χ1v) is 14.9. The van der Waals surface area contributed by atoms with Crippen molar-refractivity contribution in [2.45, 2.75) is 17.1 Å². The van der Waals surface area contributed by atoms with E-state index in [-0.39, 0.29) is 11.8 Å². The molecule has 0 radical (unpaired) electrons. The lowest BCUT2D eigenvalue weighted by molar-refractivity contribution is -0.115. The van der Waals surface area contributed by atoms with E-state index in [1.807, 2.05) is 5.32 Å². The Labute approximate surface area is 277 Å². The first-order valence-electron chi connectivity index (χ1n) is 14.1. The van der Waals surface area contributed by atoms with Crippen molar-refractivity contribution < 1.29 is 46.2 Å². The number of anilines is 2. The number of methoxy groups -OCH3 is 3. The van der Waals surface area contributed by atoms with Crippen LogP contribution in [0.2, 0.25) is 0 Å². The zero-order chi connectivity index (χ0) is 35.0. The van der Waals surface area contributed by atoms with Crippen LogP contribution in [0.15, 0.2) is 83.4 Å². The zero-order valence-corrected chi connectivity index (χ0v) is 26.8. The SMILES string of the molecule is COc1cc(/C=C(\NC(=O)c2ccccc2)C(=O)Nc2ccc(SC(C)C(=O)Nc3c(F)c(F)cc(F)c3F)cc2)cc(OC)c1OC. The Balaban J connectivity index is 1.52. The average Bonchev–Trinajstić information content (AvgIpc) is 3.09. The van der Waals surface area contributed by atoms with Crippen molar-refractivity contribution in [1.29, 1.82) is 0 Å². The molecule has 0 aliphatic rings. The van der Waals surface area contributed by atoms with E-state index in [0.717, 1.165) is 11.8 Å². The quantitative estimate of drug-likeness (QED) is 0.0652. The highest BCUT2D eigenvalue weighted by Gasteiger charge is 2.24. The summed E-state index contributed by atoms with van der Waals surface area (Å²) in [5.74, 6) is -7.88. The van der Waals surface area contributed by atoms with E-state index in [9.17, 15) is 31.9 Å². The van der Waals surface area contributed by atoms with Gasteiger partial charge in [-0.3, -0.25) is 14.4 Å². The van der Waals surface area contributed by atoms with Crippen molar-refractivity contribution in [3.63, 3.8) is 0 Å². The topological polar surface area (TPSA) is 115 Å². The highest BCUT2D eigenvalue weighted by molar-refractivity contribution is 8.00. The lowest BCUT2D eigenvalue weighted by atomic mass is 10.1. The molecule has 3 amide bonds. The summed E-state index contributed by atoms with van der Waals surface area (Å²) in [6.07, 6.45) is 1.43. The van der Waals surface area contributed by atoms with Crippen molar-refractivity contribution in [3.8, 4) is 17.2 Å². The van der Waals surface area contributed by atoms with Gasteiger partial charge in [0.05, 0.1) is 26.6 Å². The fourth-order valence-electron chi connectivity index (χ4n) is 4.27. The van der Waals surface area contributed by atoms with Gasteiger partial charge in [0.1, 0.15) is 11.4 Å². The smallest absolute Gasteiger partial charge is 0.272 e. The molecule has 0 fully saturated rings. The second-order valence-electron chi connectivity index (χ2n) is 9.91. The van der Waals surface area contributed by atoms with Crippen molar-refractivity contribution >= 4 is 46.9 Å². The summed E-state index contributed by atoms with van der Waals surface area (Å²) in [5, 5.41) is 6.28. The third-order valence-electron chi connectivity index (χ3n) is 6.68. The summed E-state index contributed by atoms with van der Waals surface area (Å²) in [7, 11) is 4.33. The fourth-order valence-corrected chi connectivity index (χ4v) is 5.14. The van der Waals surface area contributed by atoms with E-state index in [2.05, 4.69) is 10.6 Å². The fraction of sp³-hybridized carbons (Fsp3) is 0.147. The van der Waals surface area contributed by atoms with Gasteiger partial charge in [0.25, 0.3) is 11.8 Å². The van der Waals surface area contributed by atoms with Gasteiger partial charge in [0.15, 0.2) is 34.8 Å². The Hall–Kier alpha value is -5.50. The number of amides is 3. The summed E-state index contributed by atoms with van der Waals surface area (Å²) in [4.78, 5) is 39.6. The molecule has 4 aromatic carbocycles. The third-order valence-corrected chi connectivity index (χ3v) is 7.79. The van der Waals surface area contributed by atoms with Crippen LogP contribution in [0, 0.1) is 23.3 Å². The van der Waals surface area contributed by atoms with Gasteiger partial charge >= 0.3 is 0 Å². The predicted octanol–water partition coefficient (Wildman–Crippen LogP) is 6.80. The van der Waals surface area contributed by atoms with E-state index in [4.69, 9.17) is 14.2 Å². The predicted molar refractivity (Wildman–Crippen MR) is 173 cm³/mol. The summed E-state index contributed by atoms with van der Waals surface area (Å²) < 4.78 is 71.2. The van der Waals surface area contributed by atoms with Crippen LogP contribution in [-0.4, -0.2) is 44.3 Å². The van der Waals surface area contributed by atoms with Crippen LogP contribution >= 0.6 is 11.8 Å². The molecule has 9 nitrogen and oxygen atoms in total. The highest BCUT2D eigenvalue weighted by atomic mass is 32.2. The van der Waals surface area contributed by atoms with Gasteiger partial charge in [-0.2, -0.15) is 0 Å². The maximum atomic E-state index is 14.0. The molecule has 1 atom stereocenters. The van der Waals surface area contributed by atoms with Gasteiger partial charge in [0.2, 0.25) is 11.7 Å². The molecule has 4 aromatic rings. The zero-order valence-electron chi connectivity index (χ0n) is 26.0. The van der Waals surface area contributed by atoms with Crippen LogP contribution in [0.5, 0.6) is 17.2 Å². The summed E-state index contributed by atoms with van der Waals surface area (Å²) >= 11 is 0.983. The molecule has 14 heteroatoms. The Morgan fingerprint density at radius 2 is 1.35 bits per heavy atom. The summed E-state index contributed by atoms with van der Waals surface area (Å²) in [6, 6.07) is 17.7. The number of nitrogens with one attached hydrogen (secondary N) is 3. The lowest BCUT2D eigenvalue weighted by Gasteiger charge is -2.15. The molecule has 250 valence electrons. The normalized spacial score (nSPS) is 11.7. The molecule has 3 N–H and O–H groups in total. The Morgan fingerprint density at radius 1 is 0.771 bits per heavy atom. The molecule has 0 aliphatic carbocycles. The van der Waals surface area contributed by atoms with Crippen LogP contribution < -0.4 is 30.2 Å². The molecule has 0 heterocycles. The molecule has 48 heavy (non-hydrogen) atoms. The van der Waals surface area contributed by atoms with Gasteiger partial charge in [0, 0.05) is 22.2 Å². The molecule has 4 rings (SSSR count). The standard InChI is InChI=1S/C34H29F4N3O6S/c1-18(32(42)41-30-28(37)23(35)17-24(36)29(30)38)48-22-12-10-21(11-13-22)39-34(44)25(40-33(43)20-8-6-5-7-9-20)14-19-15-26(45-2)31(47-4)27(16-19)46-3/h5-18H,1-4H3,(H,39,44)(H,40,43)(H,41,42)/b25-14-. The molecule has 0 aromatic heterocycles. The van der Waals surface area contributed by atoms with E-state index >= 15 is 0 Å². The van der Waals surface area contributed by atoms with Crippen LogP contribution in [0.25, 0.3) is 6.08 Å². The van der Waals surface area contributed by atoms with Crippen molar-refractivity contribution in [2.75, 3.05) is 32.0 Å². The molecule has 0 bridgehead atoms. The third kappa shape index (κ3) is 8.45. The molecule has 0 saturated carbocycles. The maximum absolute atomic E-state index is 14.0. The summed E-state index contributed by atoms with van der Waals surface area (Å²) in [5.41, 5.74) is -0.255. The van der Waals surface area contributed by atoms with Crippen molar-refractivity contribution in [3.05, 3.63) is 113 Å². The largest absolute Gasteiger partial charge is 0.493 e. The molecule has 0 aliphatic heterocycles. The van der Waals surface area contributed by atoms with E-state index in [0.29, 0.717) is 39.0 Å². The Morgan fingerprint density at radius 3 is 1.90 bits per heavy atom. The number of ether oxygens (including phenoxy) is 3. The maximum Gasteiger partial charge on any atom is 0.272 e. The second-order valence-corrected chi connectivity index (χ2v) is 11.3. The number of halogens is 4. The van der Waals surface area contributed by atoms with Crippen molar-refractivity contribution in [1.82, 2.24) is 5.32 Å². The number of hydrogen-bond donors (Lipinski definition) is 3. The Kier molecular flexibility index (Phi) is 11.7. The highest BCUT2D eigenvalue weighted by Crippen LogP contribution is 2.38. The minimum Gasteiger partial charge on any atom is -0.493 e. The first kappa shape index (κ1) is 35.4. The number of carbonyl (C=O) groups is 3. The number of thioether (sulfide) groups is 1. The van der Waals surface area contributed by atoms with Crippen LogP contribution in [0.1, 0.15) is 22.8 Å². The van der Waals surface area contributed by atoms with Gasteiger partial charge < -0.3 is 30.2 Å². The molecule has 0 spiro atoms. The van der Waals surface area contributed by atoms with E-state index in [1.54, 1.807) is 54.6 Å². The molecule has 0 saturated heterocycles. The lowest BCUT2D eigenvalue weighted by Crippen LogP contribution is -2.30. The van der Waals surface area contributed by atoms with Gasteiger partial charge in [-0.25, -0.2) is 17.6 Å². The number of carbonyl (C=O) groups excluding carboxylic acids is 3. The molecule has 1 unspecified atom stereocenters. The molecular weight excluding hydrogens is 654 g/mol. The first-order chi connectivity index (χ1) is 22.9. The number of benzene rings is 4. The minimum atomic E-state index is -1.72. The van der Waals surface area contributed by atoms with Crippen LogP contribution in [-0.2, 0) is 9.59 Å². The number of hydrogen-bond acceptors (Lipinski definition) is 7. The summed E-state index contributed by atoms with van der Waals surface area (Å²) in [6.45, 7) is 1.43. The van der Waals surface area contributed by atoms with Crippen LogP contribution in [0.4, 0.5) is 28.9 Å². The average molecular weight is 684 g/mol. The van der Waals surface area contributed by atoms with E-state index < -0.39 is 51.9 Å². The van der Waals surface area contributed by atoms with Crippen LogP contribution in [0.3, 0.4) is 0 Å².